The highest BCUT2D eigenvalue weighted by Crippen LogP contribution is 2.44. The van der Waals surface area contributed by atoms with Crippen molar-refractivity contribution in [3.63, 3.8) is 0 Å². The van der Waals surface area contributed by atoms with Gasteiger partial charge in [-0.1, -0.05) is 72.0 Å². The summed E-state index contributed by atoms with van der Waals surface area (Å²) in [5.41, 5.74) is 1.26. The number of amides is 1. The quantitative estimate of drug-likeness (QED) is 0.0658. The van der Waals surface area contributed by atoms with Crippen molar-refractivity contribution in [2.24, 2.45) is 0 Å². The number of thioether (sulfide) groups is 1. The molecule has 1 unspecified atom stereocenters. The van der Waals surface area contributed by atoms with Crippen LogP contribution in [-0.2, 0) is 15.3 Å². The second-order valence-electron chi connectivity index (χ2n) is 9.17. The van der Waals surface area contributed by atoms with Crippen molar-refractivity contribution in [1.29, 1.82) is 0 Å². The number of aliphatic hydroxyl groups excluding tert-OH is 1. The fourth-order valence-electron chi connectivity index (χ4n) is 4.39. The number of ketones is 1. The van der Waals surface area contributed by atoms with Crippen molar-refractivity contribution in [3.05, 3.63) is 99.8 Å². The van der Waals surface area contributed by atoms with E-state index >= 15 is 0 Å². The zero-order valence-electron chi connectivity index (χ0n) is 22.5. The van der Waals surface area contributed by atoms with Crippen LogP contribution in [0.4, 0.5) is 9.52 Å². The maximum Gasteiger partial charge on any atom is 0.301 e. The average Bonchev–Trinajstić information content (AvgIpc) is 3.57. The first kappa shape index (κ1) is 29.6. The van der Waals surface area contributed by atoms with Crippen molar-refractivity contribution >= 4 is 57.3 Å². The van der Waals surface area contributed by atoms with Gasteiger partial charge in [-0.05, 0) is 53.9 Å². The van der Waals surface area contributed by atoms with Gasteiger partial charge in [0.15, 0.2) is 15.9 Å². The molecule has 0 saturated carbocycles. The number of carbonyl (C=O) groups is 2. The summed E-state index contributed by atoms with van der Waals surface area (Å²) in [4.78, 5) is 28.1. The van der Waals surface area contributed by atoms with Crippen LogP contribution in [0.3, 0.4) is 0 Å². The number of carbonyl (C=O) groups excluding carboxylic acids is 2. The summed E-state index contributed by atoms with van der Waals surface area (Å²) in [6, 6.07) is 17.1. The van der Waals surface area contributed by atoms with Crippen LogP contribution in [0.15, 0.2) is 76.6 Å². The molecule has 1 aliphatic heterocycles. The van der Waals surface area contributed by atoms with Gasteiger partial charge in [0.1, 0.15) is 11.5 Å². The Morgan fingerprint density at radius 2 is 1.88 bits per heavy atom. The normalized spacial score (nSPS) is 16.2. The molecule has 0 spiro atoms. The number of hydrogen-bond donors (Lipinski definition) is 1. The summed E-state index contributed by atoms with van der Waals surface area (Å²) in [5.74, 6) is -1.95. The van der Waals surface area contributed by atoms with Crippen LogP contribution >= 0.6 is 34.7 Å². The standard InChI is InChI=1S/C30H25ClFN3O5S2/c1-3-14-40-20-11-8-17(9-12-20)25-24(26(36)18-10-13-23(39-2)22(32)15-18)27(37)28(38)35(25)29-33-34-30(42-29)41-16-19-6-4-5-7-21(19)31/h4-13,15,25,36H,3,14,16H2,1-2H3. The zero-order chi connectivity index (χ0) is 29.8. The summed E-state index contributed by atoms with van der Waals surface area (Å²) in [6.07, 6.45) is 0.828. The average molecular weight is 626 g/mol. The van der Waals surface area contributed by atoms with Crippen LogP contribution in [0, 0.1) is 5.82 Å². The summed E-state index contributed by atoms with van der Waals surface area (Å²) in [7, 11) is 1.32. The molecule has 1 N–H and O–H groups in total. The fraction of sp³-hybridized carbons (Fsp3) is 0.200. The van der Waals surface area contributed by atoms with E-state index in [1.807, 2.05) is 25.1 Å². The largest absolute Gasteiger partial charge is 0.507 e. The molecular weight excluding hydrogens is 601 g/mol. The predicted octanol–water partition coefficient (Wildman–Crippen LogP) is 7.05. The Hall–Kier alpha value is -3.93. The lowest BCUT2D eigenvalue weighted by molar-refractivity contribution is -0.132. The van der Waals surface area contributed by atoms with Gasteiger partial charge in [0.05, 0.1) is 25.3 Å². The number of Topliss-reactive ketones (excluding diaryl/α,β-unsaturated/α-hetero) is 1. The van der Waals surface area contributed by atoms with Crippen LogP contribution in [0.5, 0.6) is 11.5 Å². The molecule has 8 nitrogen and oxygen atoms in total. The van der Waals surface area contributed by atoms with Crippen LogP contribution in [-0.4, -0.2) is 40.7 Å². The van der Waals surface area contributed by atoms with E-state index in [1.165, 1.54) is 35.9 Å². The zero-order valence-corrected chi connectivity index (χ0v) is 24.9. The SMILES string of the molecule is CCCOc1ccc(C2C(=C(O)c3ccc(OC)c(F)c3)C(=O)C(=O)N2c2nnc(SCc3ccccc3Cl)s2)cc1. The topological polar surface area (TPSA) is 102 Å². The van der Waals surface area contributed by atoms with Gasteiger partial charge in [-0.3, -0.25) is 14.5 Å². The number of anilines is 1. The number of benzene rings is 3. The van der Waals surface area contributed by atoms with E-state index in [1.54, 1.807) is 30.3 Å². The van der Waals surface area contributed by atoms with Crippen molar-refractivity contribution < 1.29 is 28.6 Å². The Labute approximate surface area is 254 Å². The van der Waals surface area contributed by atoms with Gasteiger partial charge in [0.25, 0.3) is 5.78 Å². The molecule has 1 aliphatic rings. The van der Waals surface area contributed by atoms with E-state index < -0.39 is 29.3 Å². The third-order valence-electron chi connectivity index (χ3n) is 6.45. The Bertz CT molecular complexity index is 1660. The van der Waals surface area contributed by atoms with E-state index in [0.29, 0.717) is 33.0 Å². The molecule has 3 aromatic carbocycles. The molecule has 2 heterocycles. The lowest BCUT2D eigenvalue weighted by Gasteiger charge is -2.22. The first-order valence-corrected chi connectivity index (χ1v) is 15.1. The molecule has 42 heavy (non-hydrogen) atoms. The lowest BCUT2D eigenvalue weighted by Crippen LogP contribution is -2.29. The molecule has 1 aromatic heterocycles. The predicted molar refractivity (Wildman–Crippen MR) is 161 cm³/mol. The molecular formula is C30H25ClFN3O5S2. The number of nitrogens with zero attached hydrogens (tertiary/aromatic N) is 3. The van der Waals surface area contributed by atoms with E-state index in [9.17, 15) is 19.1 Å². The molecule has 1 amide bonds. The van der Waals surface area contributed by atoms with Crippen molar-refractivity contribution in [2.45, 2.75) is 29.5 Å². The number of methoxy groups -OCH3 is 1. The smallest absolute Gasteiger partial charge is 0.301 e. The van der Waals surface area contributed by atoms with Crippen molar-refractivity contribution in [2.75, 3.05) is 18.6 Å². The van der Waals surface area contributed by atoms with Gasteiger partial charge in [-0.15, -0.1) is 10.2 Å². The maximum absolute atomic E-state index is 14.5. The summed E-state index contributed by atoms with van der Waals surface area (Å²) in [6.45, 7) is 2.52. The van der Waals surface area contributed by atoms with Gasteiger partial charge in [0.2, 0.25) is 5.13 Å². The molecule has 12 heteroatoms. The minimum atomic E-state index is -1.05. The number of aliphatic hydroxyl groups is 1. The molecule has 1 atom stereocenters. The molecule has 1 fully saturated rings. The van der Waals surface area contributed by atoms with Crippen LogP contribution < -0.4 is 14.4 Å². The van der Waals surface area contributed by atoms with Gasteiger partial charge in [0, 0.05) is 16.3 Å². The van der Waals surface area contributed by atoms with E-state index in [2.05, 4.69) is 10.2 Å². The number of hydrogen-bond acceptors (Lipinski definition) is 9. The summed E-state index contributed by atoms with van der Waals surface area (Å²) >= 11 is 8.81. The van der Waals surface area contributed by atoms with E-state index in [0.717, 1.165) is 29.4 Å². The van der Waals surface area contributed by atoms with E-state index in [4.69, 9.17) is 21.1 Å². The first-order valence-electron chi connectivity index (χ1n) is 12.9. The third kappa shape index (κ3) is 5.99. The van der Waals surface area contributed by atoms with Crippen molar-refractivity contribution in [1.82, 2.24) is 10.2 Å². The molecule has 5 rings (SSSR count). The Balaban J connectivity index is 1.54. The monoisotopic (exact) mass is 625 g/mol. The maximum atomic E-state index is 14.5. The molecule has 4 aromatic rings. The van der Waals surface area contributed by atoms with Gasteiger partial charge in [-0.25, -0.2) is 4.39 Å². The number of aromatic nitrogens is 2. The highest BCUT2D eigenvalue weighted by Gasteiger charge is 2.48. The van der Waals surface area contributed by atoms with Gasteiger partial charge >= 0.3 is 5.91 Å². The molecule has 0 bridgehead atoms. The molecule has 1 saturated heterocycles. The van der Waals surface area contributed by atoms with Crippen LogP contribution in [0.25, 0.3) is 5.76 Å². The van der Waals surface area contributed by atoms with Gasteiger partial charge in [-0.2, -0.15) is 0 Å². The lowest BCUT2D eigenvalue weighted by atomic mass is 9.95. The summed E-state index contributed by atoms with van der Waals surface area (Å²) < 4.78 is 25.8. The Morgan fingerprint density at radius 3 is 2.57 bits per heavy atom. The minimum absolute atomic E-state index is 0.0208. The number of halogens is 2. The van der Waals surface area contributed by atoms with Gasteiger partial charge < -0.3 is 14.6 Å². The Morgan fingerprint density at radius 1 is 1.12 bits per heavy atom. The second kappa shape index (κ2) is 12.9. The third-order valence-corrected chi connectivity index (χ3v) is 8.92. The fourth-order valence-corrected chi connectivity index (χ4v) is 6.55. The molecule has 0 radical (unpaired) electrons. The highest BCUT2D eigenvalue weighted by atomic mass is 35.5. The molecule has 0 aliphatic carbocycles. The van der Waals surface area contributed by atoms with Crippen LogP contribution in [0.2, 0.25) is 5.02 Å². The number of ether oxygens (including phenoxy) is 2. The second-order valence-corrected chi connectivity index (χ2v) is 11.8. The number of rotatable bonds is 10. The summed E-state index contributed by atoms with van der Waals surface area (Å²) in [5, 5.41) is 20.5. The minimum Gasteiger partial charge on any atom is -0.507 e. The van der Waals surface area contributed by atoms with E-state index in [-0.39, 0.29) is 22.0 Å². The first-order chi connectivity index (χ1) is 20.3. The highest BCUT2D eigenvalue weighted by molar-refractivity contribution is 8.00. The Kier molecular flexibility index (Phi) is 9.10. The van der Waals surface area contributed by atoms with Crippen LogP contribution in [0.1, 0.15) is 36.1 Å². The van der Waals surface area contributed by atoms with Crippen molar-refractivity contribution in [3.8, 4) is 11.5 Å². The molecule has 216 valence electrons.